The Bertz CT molecular complexity index is 660. The quantitative estimate of drug-likeness (QED) is 0.464. The second-order valence-corrected chi connectivity index (χ2v) is 7.13. The molecule has 0 fully saturated rings. The minimum atomic E-state index is -1.09. The van der Waals surface area contributed by atoms with Gasteiger partial charge in [-0.3, -0.25) is 9.59 Å². The summed E-state index contributed by atoms with van der Waals surface area (Å²) >= 11 is 11.8. The lowest BCUT2D eigenvalue weighted by Crippen LogP contribution is -2.38. The zero-order chi connectivity index (χ0) is 20.6. The summed E-state index contributed by atoms with van der Waals surface area (Å²) in [6.45, 7) is 4.90. The monoisotopic (exact) mass is 419 g/mol. The van der Waals surface area contributed by atoms with Crippen LogP contribution in [0, 0.1) is 11.8 Å². The Morgan fingerprint density at radius 3 is 2.19 bits per heavy atom. The molecule has 0 aliphatic heterocycles. The molecule has 9 heteroatoms. The van der Waals surface area contributed by atoms with E-state index in [0.717, 1.165) is 0 Å². The molecule has 1 aromatic carbocycles. The summed E-state index contributed by atoms with van der Waals surface area (Å²) in [7, 11) is 0. The highest BCUT2D eigenvalue weighted by Gasteiger charge is 2.24. The molecule has 0 saturated carbocycles. The molecule has 2 atom stereocenters. The van der Waals surface area contributed by atoms with E-state index >= 15 is 0 Å². The maximum atomic E-state index is 12.0. The molecule has 0 aliphatic carbocycles. The van der Waals surface area contributed by atoms with E-state index in [9.17, 15) is 19.5 Å². The predicted molar refractivity (Wildman–Crippen MR) is 101 cm³/mol. The molecule has 2 N–H and O–H groups in total. The summed E-state index contributed by atoms with van der Waals surface area (Å²) in [5, 5.41) is 12.6. The number of carbonyl (C=O) groups excluding carboxylic acids is 2. The number of carboxylic acids is 1. The average Bonchev–Trinajstić information content (AvgIpc) is 2.56. The predicted octanol–water partition coefficient (Wildman–Crippen LogP) is 3.90. The lowest BCUT2D eigenvalue weighted by atomic mass is 9.99. The number of halogens is 2. The number of benzene rings is 1. The number of aliphatic carboxylic acids is 1. The molecule has 1 rings (SSSR count). The van der Waals surface area contributed by atoms with Crippen LogP contribution in [0.25, 0.3) is 0 Å². The molecule has 0 saturated heterocycles. The van der Waals surface area contributed by atoms with Gasteiger partial charge in [-0.2, -0.15) is 0 Å². The minimum Gasteiger partial charge on any atom is -0.481 e. The second-order valence-electron chi connectivity index (χ2n) is 6.26. The standard InChI is InChI=1S/C18H23Cl2NO6/c1-4-15(22)26-17(10(2)3)27-18(25)21-9-12(16(23)24)5-11-6-13(19)8-14(20)7-11/h6-8,10,12,17H,4-5,9H2,1-3H3,(H,21,25)(H,23,24)/t12-,17-/m0/s1. The fraction of sp³-hybridized carbons (Fsp3) is 0.500. The lowest BCUT2D eigenvalue weighted by molar-refractivity contribution is -0.174. The third-order valence-corrected chi connectivity index (χ3v) is 3.99. The molecule has 0 bridgehead atoms. The number of alkyl carbamates (subject to hydrolysis) is 1. The fourth-order valence-corrected chi connectivity index (χ4v) is 2.69. The number of carboxylic acid groups (broad SMARTS) is 1. The van der Waals surface area contributed by atoms with Crippen LogP contribution in [0.3, 0.4) is 0 Å². The van der Waals surface area contributed by atoms with Crippen LogP contribution in [0.2, 0.25) is 10.0 Å². The van der Waals surface area contributed by atoms with Crippen molar-refractivity contribution in [1.82, 2.24) is 5.32 Å². The lowest BCUT2D eigenvalue weighted by Gasteiger charge is -2.22. The van der Waals surface area contributed by atoms with E-state index in [1.54, 1.807) is 39.0 Å². The van der Waals surface area contributed by atoms with Crippen molar-refractivity contribution in [1.29, 1.82) is 0 Å². The number of esters is 1. The van der Waals surface area contributed by atoms with E-state index in [2.05, 4.69) is 5.32 Å². The van der Waals surface area contributed by atoms with E-state index in [0.29, 0.717) is 15.6 Å². The zero-order valence-corrected chi connectivity index (χ0v) is 16.8. The summed E-state index contributed by atoms with van der Waals surface area (Å²) in [4.78, 5) is 34.8. The van der Waals surface area contributed by atoms with Gasteiger partial charge in [-0.25, -0.2) is 4.79 Å². The Hall–Kier alpha value is -1.99. The molecule has 27 heavy (non-hydrogen) atoms. The van der Waals surface area contributed by atoms with E-state index < -0.39 is 30.2 Å². The smallest absolute Gasteiger partial charge is 0.410 e. The van der Waals surface area contributed by atoms with Crippen molar-refractivity contribution in [2.75, 3.05) is 6.54 Å². The maximum Gasteiger partial charge on any atom is 0.410 e. The van der Waals surface area contributed by atoms with Gasteiger partial charge in [0.1, 0.15) is 0 Å². The first-order chi connectivity index (χ1) is 12.6. The van der Waals surface area contributed by atoms with Gasteiger partial charge in [-0.1, -0.05) is 44.0 Å². The number of ether oxygens (including phenoxy) is 2. The van der Waals surface area contributed by atoms with Gasteiger partial charge >= 0.3 is 18.0 Å². The summed E-state index contributed by atoms with van der Waals surface area (Å²) in [5.74, 6) is -2.76. The zero-order valence-electron chi connectivity index (χ0n) is 15.3. The highest BCUT2D eigenvalue weighted by molar-refractivity contribution is 6.34. The van der Waals surface area contributed by atoms with Crippen LogP contribution in [0.4, 0.5) is 4.79 Å². The van der Waals surface area contributed by atoms with Gasteiger partial charge in [0.05, 0.1) is 5.92 Å². The highest BCUT2D eigenvalue weighted by Crippen LogP contribution is 2.21. The number of hydrogen-bond donors (Lipinski definition) is 2. The number of hydrogen-bond acceptors (Lipinski definition) is 5. The molecule has 0 spiro atoms. The number of nitrogens with one attached hydrogen (secondary N) is 1. The van der Waals surface area contributed by atoms with Gasteiger partial charge in [0, 0.05) is 28.9 Å². The number of rotatable bonds is 9. The molecule has 1 aromatic rings. The number of amides is 1. The van der Waals surface area contributed by atoms with Crippen molar-refractivity contribution in [3.05, 3.63) is 33.8 Å². The van der Waals surface area contributed by atoms with Crippen molar-refractivity contribution in [2.24, 2.45) is 11.8 Å². The van der Waals surface area contributed by atoms with E-state index in [1.165, 1.54) is 0 Å². The van der Waals surface area contributed by atoms with Crippen LogP contribution in [-0.2, 0) is 25.5 Å². The van der Waals surface area contributed by atoms with Crippen LogP contribution >= 0.6 is 23.2 Å². The third-order valence-electron chi connectivity index (χ3n) is 3.55. The van der Waals surface area contributed by atoms with Crippen molar-refractivity contribution in [3.63, 3.8) is 0 Å². The number of carbonyl (C=O) groups is 3. The molecule has 7 nitrogen and oxygen atoms in total. The first-order valence-electron chi connectivity index (χ1n) is 8.44. The SMILES string of the molecule is CCC(=O)O[C@@H](OC(=O)NC[C@H](Cc1cc(Cl)cc(Cl)c1)C(=O)O)C(C)C. The average molecular weight is 420 g/mol. The van der Waals surface area contributed by atoms with Crippen LogP contribution < -0.4 is 5.32 Å². The normalized spacial score (nSPS) is 13.0. The van der Waals surface area contributed by atoms with Crippen LogP contribution in [0.15, 0.2) is 18.2 Å². The fourth-order valence-electron chi connectivity index (χ4n) is 2.12. The van der Waals surface area contributed by atoms with E-state index in [1.807, 2.05) is 0 Å². The van der Waals surface area contributed by atoms with Gasteiger partial charge in [-0.15, -0.1) is 0 Å². The van der Waals surface area contributed by atoms with Gasteiger partial charge < -0.3 is 19.9 Å². The molecular formula is C18H23Cl2NO6. The van der Waals surface area contributed by atoms with Crippen LogP contribution in [0.1, 0.15) is 32.8 Å². The Labute approximate surface area is 167 Å². The highest BCUT2D eigenvalue weighted by atomic mass is 35.5. The molecule has 0 unspecified atom stereocenters. The van der Waals surface area contributed by atoms with Crippen molar-refractivity contribution < 1.29 is 29.0 Å². The Balaban J connectivity index is 2.66. The third kappa shape index (κ3) is 8.49. The van der Waals surface area contributed by atoms with Crippen LogP contribution in [-0.4, -0.2) is 36.0 Å². The topological polar surface area (TPSA) is 102 Å². The summed E-state index contributed by atoms with van der Waals surface area (Å²) in [6.07, 6.45) is -1.65. The van der Waals surface area contributed by atoms with E-state index in [4.69, 9.17) is 32.7 Å². The molecule has 0 aliphatic rings. The summed E-state index contributed by atoms with van der Waals surface area (Å²) in [5.41, 5.74) is 0.631. The van der Waals surface area contributed by atoms with Crippen molar-refractivity contribution in [2.45, 2.75) is 39.9 Å². The van der Waals surface area contributed by atoms with Gasteiger partial charge in [-0.05, 0) is 30.2 Å². The maximum absolute atomic E-state index is 12.0. The first kappa shape index (κ1) is 23.0. The van der Waals surface area contributed by atoms with Crippen LogP contribution in [0.5, 0.6) is 0 Å². The first-order valence-corrected chi connectivity index (χ1v) is 9.19. The largest absolute Gasteiger partial charge is 0.481 e. The second kappa shape index (κ2) is 11.0. The van der Waals surface area contributed by atoms with Gasteiger partial charge in [0.15, 0.2) is 0 Å². The van der Waals surface area contributed by atoms with E-state index in [-0.39, 0.29) is 25.3 Å². The minimum absolute atomic E-state index is 0.119. The Morgan fingerprint density at radius 2 is 1.70 bits per heavy atom. The Kier molecular flexibility index (Phi) is 9.38. The van der Waals surface area contributed by atoms with Gasteiger partial charge in [0.2, 0.25) is 0 Å². The molecular weight excluding hydrogens is 397 g/mol. The molecule has 1 amide bonds. The molecule has 0 aromatic heterocycles. The van der Waals surface area contributed by atoms with Crippen molar-refractivity contribution >= 4 is 41.2 Å². The van der Waals surface area contributed by atoms with Gasteiger partial charge in [0.25, 0.3) is 6.29 Å². The molecule has 0 heterocycles. The molecule has 150 valence electrons. The summed E-state index contributed by atoms with van der Waals surface area (Å²) < 4.78 is 10.1. The Morgan fingerprint density at radius 1 is 1.11 bits per heavy atom. The summed E-state index contributed by atoms with van der Waals surface area (Å²) in [6, 6.07) is 4.77. The molecule has 0 radical (unpaired) electrons. The van der Waals surface area contributed by atoms with Crippen molar-refractivity contribution in [3.8, 4) is 0 Å².